The lowest BCUT2D eigenvalue weighted by Crippen LogP contribution is -2.68. The van der Waals surface area contributed by atoms with Crippen molar-refractivity contribution in [1.82, 2.24) is 0 Å². The summed E-state index contributed by atoms with van der Waals surface area (Å²) < 4.78 is 37.3. The van der Waals surface area contributed by atoms with E-state index in [9.17, 15) is 61.0 Å². The zero-order valence-corrected chi connectivity index (χ0v) is 40.5. The van der Waals surface area contributed by atoms with Gasteiger partial charge in [0.1, 0.15) is 66.8 Å². The maximum Gasteiger partial charge on any atom is 0.187 e. The van der Waals surface area contributed by atoms with Gasteiger partial charge >= 0.3 is 0 Å². The highest BCUT2D eigenvalue weighted by molar-refractivity contribution is 5.84. The van der Waals surface area contributed by atoms with Crippen LogP contribution in [0.1, 0.15) is 127 Å². The lowest BCUT2D eigenvalue weighted by atomic mass is 9.35. The largest absolute Gasteiger partial charge is 0.394 e. The number of ether oxygens (including phenoxy) is 6. The molecule has 0 aromatic rings. The topological polar surface area (TPSA) is 295 Å². The molecule has 11 N–H and O–H groups in total. The van der Waals surface area contributed by atoms with Crippen molar-refractivity contribution in [3.05, 3.63) is 0 Å². The molecule has 0 aromatic carbocycles. The van der Waals surface area contributed by atoms with E-state index < -0.39 is 133 Å². The van der Waals surface area contributed by atoms with Gasteiger partial charge in [-0.3, -0.25) is 4.79 Å². The Morgan fingerprint density at radius 3 is 1.76 bits per heavy atom. The summed E-state index contributed by atoms with van der Waals surface area (Å²) in [6, 6.07) is 0. The van der Waals surface area contributed by atoms with E-state index in [1.807, 2.05) is 0 Å². The van der Waals surface area contributed by atoms with Crippen molar-refractivity contribution in [2.45, 2.75) is 243 Å². The van der Waals surface area contributed by atoms with Gasteiger partial charge in [0.15, 0.2) is 18.9 Å². The van der Waals surface area contributed by atoms with E-state index in [-0.39, 0.29) is 53.1 Å². The van der Waals surface area contributed by atoms with Gasteiger partial charge in [-0.1, -0.05) is 34.6 Å². The smallest absolute Gasteiger partial charge is 0.187 e. The van der Waals surface area contributed by atoms with Crippen LogP contribution in [-0.2, 0) is 33.2 Å². The molecule has 7 rings (SSSR count). The number of hydrogen-bond donors (Lipinski definition) is 11. The highest BCUT2D eigenvalue weighted by Gasteiger charge is 2.72. The maximum absolute atomic E-state index is 14.7. The molecule has 3 saturated heterocycles. The number of hydrogen-bond acceptors (Lipinski definition) is 18. The van der Waals surface area contributed by atoms with Crippen molar-refractivity contribution < 1.29 is 89.4 Å². The Labute approximate surface area is 388 Å². The summed E-state index contributed by atoms with van der Waals surface area (Å²) in [6.45, 7) is 18.2. The molecule has 4 saturated carbocycles. The second-order valence-electron chi connectivity index (χ2n) is 23.6. The van der Waals surface area contributed by atoms with Crippen LogP contribution in [0.5, 0.6) is 0 Å². The van der Waals surface area contributed by atoms with Crippen LogP contribution in [-0.4, -0.2) is 184 Å². The van der Waals surface area contributed by atoms with E-state index in [1.165, 1.54) is 13.8 Å². The molecule has 3 aliphatic heterocycles. The van der Waals surface area contributed by atoms with Gasteiger partial charge < -0.3 is 84.6 Å². The molecule has 0 unspecified atom stereocenters. The fourth-order valence-electron chi connectivity index (χ4n) is 14.5. The predicted molar refractivity (Wildman–Crippen MR) is 233 cm³/mol. The van der Waals surface area contributed by atoms with Crippen LogP contribution in [0.15, 0.2) is 0 Å². The summed E-state index contributed by atoms with van der Waals surface area (Å²) in [5, 5.41) is 120. The van der Waals surface area contributed by atoms with Crippen LogP contribution >= 0.6 is 0 Å². The molecule has 4 aliphatic carbocycles. The van der Waals surface area contributed by atoms with Crippen molar-refractivity contribution in [1.29, 1.82) is 0 Å². The minimum absolute atomic E-state index is 0.0130. The van der Waals surface area contributed by atoms with Crippen LogP contribution in [0.4, 0.5) is 0 Å². The molecule has 66 heavy (non-hydrogen) atoms. The van der Waals surface area contributed by atoms with E-state index in [4.69, 9.17) is 28.4 Å². The molecule has 3 heterocycles. The summed E-state index contributed by atoms with van der Waals surface area (Å²) in [4.78, 5) is 14.7. The number of aliphatic hydroxyl groups is 11. The van der Waals surface area contributed by atoms with E-state index in [2.05, 4.69) is 34.6 Å². The Kier molecular flexibility index (Phi) is 14.8. The molecular weight excluding hydrogens is 865 g/mol. The van der Waals surface area contributed by atoms with Crippen LogP contribution in [0, 0.1) is 45.3 Å². The first-order valence-corrected chi connectivity index (χ1v) is 24.4. The summed E-state index contributed by atoms with van der Waals surface area (Å²) >= 11 is 0. The Hall–Kier alpha value is -1.01. The van der Waals surface area contributed by atoms with E-state index in [0.717, 1.165) is 19.3 Å². The second kappa shape index (κ2) is 18.6. The average Bonchev–Trinajstić information content (AvgIpc) is 3.63. The third-order valence-electron chi connectivity index (χ3n) is 18.9. The van der Waals surface area contributed by atoms with Gasteiger partial charge in [-0.15, -0.1) is 0 Å². The third-order valence-corrected chi connectivity index (χ3v) is 18.9. The maximum atomic E-state index is 14.7. The number of rotatable bonds is 12. The number of aliphatic hydroxyl groups excluding tert-OH is 9. The van der Waals surface area contributed by atoms with Crippen molar-refractivity contribution in [3.63, 3.8) is 0 Å². The van der Waals surface area contributed by atoms with Crippen molar-refractivity contribution >= 4 is 5.78 Å². The minimum Gasteiger partial charge on any atom is -0.394 e. The van der Waals surface area contributed by atoms with E-state index in [1.54, 1.807) is 20.8 Å². The Morgan fingerprint density at radius 2 is 1.21 bits per heavy atom. The number of fused-ring (bicyclic) bond motifs is 5. The quantitative estimate of drug-likeness (QED) is 0.118. The van der Waals surface area contributed by atoms with Gasteiger partial charge in [-0.05, 0) is 125 Å². The Morgan fingerprint density at radius 1 is 0.667 bits per heavy atom. The van der Waals surface area contributed by atoms with Gasteiger partial charge in [0.25, 0.3) is 0 Å². The molecule has 18 heteroatoms. The molecule has 0 bridgehead atoms. The SMILES string of the molecule is C[C@@H]1O[C@@H](O[C@H]2[C@H](O[C@H]3CC[C@]4(C)[C@H]5CC(=O)[C@@H]6[C@@H]([C@@](C)(O)CC[C@@H](O)C(C)(C)O)CC[C@@]6(C)[C@]5(C)CC[C@H]4C3(C)C)O[C@H](CO)[C@@H](O)[C@@H]2O[C@@H]2O[C@@H](C)[C@H](O)[C@@H](O)[C@H]2O)[C@H](O)[C@H](O)[C@H]1O. The lowest BCUT2D eigenvalue weighted by Gasteiger charge is -2.69. The molecule has 25 atom stereocenters. The first-order valence-electron chi connectivity index (χ1n) is 24.4. The van der Waals surface area contributed by atoms with E-state index >= 15 is 0 Å². The number of Topliss-reactive ketones (excluding diaryl/α,β-unsaturated/α-hetero) is 1. The summed E-state index contributed by atoms with van der Waals surface area (Å²) in [7, 11) is 0. The summed E-state index contributed by atoms with van der Waals surface area (Å²) in [5.74, 6) is -0.450. The van der Waals surface area contributed by atoms with E-state index in [0.29, 0.717) is 25.7 Å². The van der Waals surface area contributed by atoms with Crippen molar-refractivity contribution in [2.24, 2.45) is 45.3 Å². The third kappa shape index (κ3) is 8.79. The fourth-order valence-corrected chi connectivity index (χ4v) is 14.5. The molecule has 7 aliphatic rings. The van der Waals surface area contributed by atoms with Crippen molar-refractivity contribution in [3.8, 4) is 0 Å². The normalized spacial score (nSPS) is 52.2. The first kappa shape index (κ1) is 52.8. The van der Waals surface area contributed by atoms with Crippen LogP contribution in [0.25, 0.3) is 0 Å². The second-order valence-corrected chi connectivity index (χ2v) is 23.6. The number of carbonyl (C=O) groups excluding carboxylic acids is 1. The molecule has 7 fully saturated rings. The van der Waals surface area contributed by atoms with Gasteiger partial charge in [0.2, 0.25) is 0 Å². The van der Waals surface area contributed by atoms with Gasteiger partial charge in [-0.2, -0.15) is 0 Å². The molecule has 0 radical (unpaired) electrons. The predicted octanol–water partition coefficient (Wildman–Crippen LogP) is 0.402. The first-order chi connectivity index (χ1) is 30.5. The zero-order valence-electron chi connectivity index (χ0n) is 40.5. The Balaban J connectivity index is 1.15. The molecular formula is C48H82O18. The van der Waals surface area contributed by atoms with Crippen LogP contribution in [0.2, 0.25) is 0 Å². The average molecular weight is 947 g/mol. The van der Waals surface area contributed by atoms with Gasteiger partial charge in [0, 0.05) is 12.3 Å². The molecule has 0 aromatic heterocycles. The standard InChI is InChI=1S/C48H82O18/c1-21-31(52)34(55)36(57)40(61-21)65-38-33(54)25(20-49)63-42(39(38)66-41-37(58)35(56)32(53)22(2)62-41)64-29-14-15-45(7)26(43(29,3)4)12-17-46(8)27(45)19-24(50)30-23(11-16-47(30,46)9)48(10,60)18-13-28(51)44(5,6)59/h21-23,25-42,49,51-60H,11-20H2,1-10H3/t21-,22-,23-,25+,26-,27+,28+,29-,30-,31-,32-,33+,34+,35+,36+,37+,38-,39+,40-,41-,42-,45-,46+,47+,48-/m0/s1. The molecule has 0 amide bonds. The number of carbonyl (C=O) groups is 1. The summed E-state index contributed by atoms with van der Waals surface area (Å²) in [5.41, 5.74) is -4.09. The van der Waals surface area contributed by atoms with Crippen molar-refractivity contribution in [2.75, 3.05) is 6.61 Å². The van der Waals surface area contributed by atoms with Gasteiger partial charge in [0.05, 0.1) is 42.2 Å². The summed E-state index contributed by atoms with van der Waals surface area (Å²) in [6.07, 6.45) is -19.1. The van der Waals surface area contributed by atoms with Gasteiger partial charge in [-0.25, -0.2) is 0 Å². The Bertz CT molecular complexity index is 1710. The van der Waals surface area contributed by atoms with Crippen LogP contribution < -0.4 is 0 Å². The molecule has 0 spiro atoms. The minimum atomic E-state index is -1.79. The molecule has 382 valence electrons. The van der Waals surface area contributed by atoms with Crippen LogP contribution in [0.3, 0.4) is 0 Å². The monoisotopic (exact) mass is 947 g/mol. The fraction of sp³-hybridized carbons (Fsp3) is 0.979. The highest BCUT2D eigenvalue weighted by atomic mass is 16.8. The zero-order chi connectivity index (χ0) is 49.0. The highest BCUT2D eigenvalue weighted by Crippen LogP contribution is 2.75. The number of ketones is 1. The lowest BCUT2D eigenvalue weighted by molar-refractivity contribution is -0.397. The molecule has 18 nitrogen and oxygen atoms in total.